The topological polar surface area (TPSA) is 148 Å². The number of esters is 2. The van der Waals surface area contributed by atoms with Crippen LogP contribution in [0, 0.1) is 40.9 Å². The molecule has 7 rings (SSSR count). The fraction of sp³-hybridized carbons (Fsp3) is 0.755. The van der Waals surface area contributed by atoms with Crippen molar-refractivity contribution in [2.24, 2.45) is 40.9 Å². The number of ether oxygens (including phenoxy) is 8. The molecular formula is C49H70Cl2O12. The molecule has 4 saturated heterocycles. The van der Waals surface area contributed by atoms with Crippen molar-refractivity contribution < 1.29 is 57.7 Å². The molecule has 5 heterocycles. The first-order chi connectivity index (χ1) is 29.7. The number of allylic oxidation sites excluding steroid dienone is 3. The van der Waals surface area contributed by atoms with Crippen LogP contribution in [-0.2, 0) is 47.5 Å². The Balaban J connectivity index is 1.17. The van der Waals surface area contributed by atoms with Gasteiger partial charge in [0.25, 0.3) is 0 Å². The molecule has 2 aliphatic carbocycles. The maximum Gasteiger partial charge on any atom is 0.316 e. The molecule has 352 valence electrons. The van der Waals surface area contributed by atoms with Crippen molar-refractivity contribution in [1.82, 2.24) is 0 Å². The number of halogens is 2. The predicted octanol–water partition coefficient (Wildman–Crippen LogP) is 8.21. The van der Waals surface area contributed by atoms with E-state index in [-0.39, 0.29) is 46.5 Å². The van der Waals surface area contributed by atoms with Gasteiger partial charge < -0.3 is 48.1 Å². The molecule has 63 heavy (non-hydrogen) atoms. The molecule has 18 atom stereocenters. The van der Waals surface area contributed by atoms with E-state index in [1.807, 2.05) is 46.8 Å². The summed E-state index contributed by atoms with van der Waals surface area (Å²) in [5, 5.41) is 23.7. The van der Waals surface area contributed by atoms with Gasteiger partial charge in [-0.05, 0) is 79.6 Å². The first kappa shape index (κ1) is 48.8. The van der Waals surface area contributed by atoms with Crippen LogP contribution in [0.4, 0.5) is 0 Å². The van der Waals surface area contributed by atoms with Crippen LogP contribution in [0.1, 0.15) is 107 Å². The first-order valence-corrected chi connectivity index (χ1v) is 23.9. The number of rotatable bonds is 8. The smallest absolute Gasteiger partial charge is 0.316 e. The molecule has 2 N–H and O–H groups in total. The molecular weight excluding hydrogens is 851 g/mol. The summed E-state index contributed by atoms with van der Waals surface area (Å²) in [7, 11) is 1.60. The molecule has 5 fully saturated rings. The van der Waals surface area contributed by atoms with E-state index in [1.54, 1.807) is 32.3 Å². The van der Waals surface area contributed by atoms with Crippen LogP contribution in [-0.4, -0.2) is 108 Å². The number of carbonyl (C=O) groups excluding carboxylic acids is 2. The second kappa shape index (κ2) is 19.2. The maximum atomic E-state index is 14.4. The van der Waals surface area contributed by atoms with Gasteiger partial charge in [0.05, 0.1) is 36.9 Å². The van der Waals surface area contributed by atoms with Crippen molar-refractivity contribution in [2.75, 3.05) is 13.7 Å². The van der Waals surface area contributed by atoms with E-state index in [0.717, 1.165) is 18.4 Å². The van der Waals surface area contributed by atoms with E-state index < -0.39 is 78.2 Å². The molecule has 7 aliphatic rings. The summed E-state index contributed by atoms with van der Waals surface area (Å²) in [6.45, 7) is 18.3. The Kier molecular flexibility index (Phi) is 14.9. The van der Waals surface area contributed by atoms with E-state index in [0.29, 0.717) is 55.1 Å². The van der Waals surface area contributed by atoms with Crippen LogP contribution >= 0.6 is 23.2 Å². The highest BCUT2D eigenvalue weighted by Crippen LogP contribution is 2.60. The van der Waals surface area contributed by atoms with Gasteiger partial charge in [-0.1, -0.05) is 102 Å². The van der Waals surface area contributed by atoms with Gasteiger partial charge >= 0.3 is 11.9 Å². The van der Waals surface area contributed by atoms with Crippen molar-refractivity contribution in [1.29, 1.82) is 0 Å². The summed E-state index contributed by atoms with van der Waals surface area (Å²) in [5.74, 6) is -3.06. The van der Waals surface area contributed by atoms with Crippen LogP contribution in [0.15, 0.2) is 57.7 Å². The lowest BCUT2D eigenvalue weighted by Gasteiger charge is -2.51. The van der Waals surface area contributed by atoms with E-state index >= 15 is 0 Å². The third-order valence-corrected chi connectivity index (χ3v) is 15.6. The number of hydrogen-bond donors (Lipinski definition) is 2. The van der Waals surface area contributed by atoms with Crippen molar-refractivity contribution in [2.45, 2.75) is 180 Å². The maximum absolute atomic E-state index is 14.4. The van der Waals surface area contributed by atoms with Crippen molar-refractivity contribution >= 4 is 35.1 Å². The molecule has 2 bridgehead atoms. The lowest BCUT2D eigenvalue weighted by atomic mass is 9.71. The molecule has 1 saturated carbocycles. The number of hydrogen-bond acceptors (Lipinski definition) is 12. The molecule has 5 aliphatic heterocycles. The summed E-state index contributed by atoms with van der Waals surface area (Å²) in [4.78, 5) is 27.9. The Morgan fingerprint density at radius 2 is 1.84 bits per heavy atom. The molecule has 12 nitrogen and oxygen atoms in total. The van der Waals surface area contributed by atoms with Gasteiger partial charge in [0.1, 0.15) is 40.4 Å². The van der Waals surface area contributed by atoms with Gasteiger partial charge in [0.2, 0.25) is 0 Å². The van der Waals surface area contributed by atoms with Crippen LogP contribution in [0.2, 0.25) is 0 Å². The molecule has 4 unspecified atom stereocenters. The van der Waals surface area contributed by atoms with Gasteiger partial charge in [-0.15, -0.1) is 0 Å². The Labute approximate surface area is 383 Å². The van der Waals surface area contributed by atoms with Gasteiger partial charge in [0.15, 0.2) is 18.2 Å². The Morgan fingerprint density at radius 1 is 1.10 bits per heavy atom. The minimum Gasteiger partial charge on any atom is -0.462 e. The third kappa shape index (κ3) is 9.83. The lowest BCUT2D eigenvalue weighted by Crippen LogP contribution is -2.58. The third-order valence-electron chi connectivity index (χ3n) is 15.4. The van der Waals surface area contributed by atoms with E-state index in [4.69, 9.17) is 61.1 Å². The summed E-state index contributed by atoms with van der Waals surface area (Å²) in [6, 6.07) is 0. The SMILES string of the molecule is CCC(C)[C@H]1OC2(CC[C@@H]1C)C[C@@H]1C[C@@H](C/C=C(\C)[C@@H](O[C@H]3C[C@H](OC)[C@@H](OC(=O)C4C(C=C(Cl)Cl)C4(C)C)[C@H](C)O3)[C@@H](C)/C=C/C=C3\CO[C@@H]4[C@H](O)C(C)=C[C@@H](C(=O)O1)[C@]34O)O2. The van der Waals surface area contributed by atoms with Crippen molar-refractivity contribution in [3.63, 3.8) is 0 Å². The minimum atomic E-state index is -1.84. The Hall–Kier alpha value is -2.10. The fourth-order valence-electron chi connectivity index (χ4n) is 11.2. The monoisotopic (exact) mass is 920 g/mol. The zero-order chi connectivity index (χ0) is 45.8. The van der Waals surface area contributed by atoms with Gasteiger partial charge in [0, 0.05) is 38.7 Å². The lowest BCUT2D eigenvalue weighted by molar-refractivity contribution is -0.340. The van der Waals surface area contributed by atoms with Gasteiger partial charge in [-0.2, -0.15) is 0 Å². The molecule has 1 spiro atoms. The van der Waals surface area contributed by atoms with E-state index in [1.165, 1.54) is 0 Å². The predicted molar refractivity (Wildman–Crippen MR) is 237 cm³/mol. The Morgan fingerprint density at radius 3 is 2.54 bits per heavy atom. The van der Waals surface area contributed by atoms with Crippen LogP contribution in [0.3, 0.4) is 0 Å². The summed E-state index contributed by atoms with van der Waals surface area (Å²) in [5.41, 5.74) is -0.225. The second-order valence-electron chi connectivity index (χ2n) is 20.2. The Bertz CT molecular complexity index is 1850. The highest BCUT2D eigenvalue weighted by molar-refractivity contribution is 6.55. The van der Waals surface area contributed by atoms with Crippen LogP contribution in [0.5, 0.6) is 0 Å². The highest BCUT2D eigenvalue weighted by atomic mass is 35.5. The first-order valence-electron chi connectivity index (χ1n) is 23.1. The number of methoxy groups -OCH3 is 1. The number of fused-ring (bicyclic) bond motifs is 2. The number of aliphatic hydroxyl groups excluding tert-OH is 1. The molecule has 0 aromatic heterocycles. The van der Waals surface area contributed by atoms with Crippen LogP contribution in [0.25, 0.3) is 0 Å². The normalized spacial score (nSPS) is 46.5. The zero-order valence-electron chi connectivity index (χ0n) is 38.6. The van der Waals surface area contributed by atoms with Crippen molar-refractivity contribution in [3.05, 3.63) is 57.7 Å². The zero-order valence-corrected chi connectivity index (χ0v) is 40.1. The molecule has 0 amide bonds. The second-order valence-corrected chi connectivity index (χ2v) is 21.2. The average molecular weight is 922 g/mol. The fourth-order valence-corrected chi connectivity index (χ4v) is 11.5. The highest BCUT2D eigenvalue weighted by Gasteiger charge is 2.63. The van der Waals surface area contributed by atoms with Crippen LogP contribution < -0.4 is 0 Å². The largest absolute Gasteiger partial charge is 0.462 e. The summed E-state index contributed by atoms with van der Waals surface area (Å²) in [6.07, 6.45) is 9.24. The number of carbonyl (C=O) groups is 2. The summed E-state index contributed by atoms with van der Waals surface area (Å²) >= 11 is 11.9. The molecule has 14 heteroatoms. The molecule has 0 radical (unpaired) electrons. The molecule has 0 aromatic carbocycles. The standard InChI is InChI=1S/C49H70Cl2O12/c1-11-25(2)42-28(5)17-18-48(63-42)23-33-20-32(62-48)16-15-27(4)41(26(3)13-12-14-31-24-57-44-40(52)29(6)19-35(45(53)59-33)49(31,44)55)60-38-22-36(56-10)43(30(7)58-38)61-46(54)39-34(21-37(50)51)47(39,8)9/h12-15,19,21,25-26,28,30,32-36,38-44,52,55H,11,16-18,20,22-24H2,1-10H3/b13-12+,27-15+,31-14+/t25?,26-,28-,30-,32+,33-,34?,35-,36-,38-,39?,40+,41-,42+,43-,44+,48?,49+/m0/s1. The van der Waals surface area contributed by atoms with E-state index in [9.17, 15) is 19.8 Å². The minimum absolute atomic E-state index is 0.0174. The van der Waals surface area contributed by atoms with Gasteiger partial charge in [-0.25, -0.2) is 0 Å². The summed E-state index contributed by atoms with van der Waals surface area (Å²) < 4.78 is 51.9. The van der Waals surface area contributed by atoms with Gasteiger partial charge in [-0.3, -0.25) is 9.59 Å². The molecule has 0 aromatic rings. The van der Waals surface area contributed by atoms with E-state index in [2.05, 4.69) is 26.8 Å². The average Bonchev–Trinajstić information content (AvgIpc) is 3.58. The van der Waals surface area contributed by atoms with Crippen molar-refractivity contribution in [3.8, 4) is 0 Å². The number of aliphatic hydroxyl groups is 2. The quantitative estimate of drug-likeness (QED) is 0.179.